The maximum absolute atomic E-state index is 13.3. The summed E-state index contributed by atoms with van der Waals surface area (Å²) in [6.45, 7) is 0. The summed E-state index contributed by atoms with van der Waals surface area (Å²) in [5, 5.41) is 19.5. The molecule has 1 N–H and O–H groups in total. The van der Waals surface area contributed by atoms with E-state index in [1.165, 1.54) is 46.2 Å². The van der Waals surface area contributed by atoms with Gasteiger partial charge in [0, 0.05) is 10.2 Å². The highest BCUT2D eigenvalue weighted by Gasteiger charge is 2.45. The number of halogens is 2. The number of anilines is 1. The van der Waals surface area contributed by atoms with Gasteiger partial charge >= 0.3 is 0 Å². The number of ketones is 1. The predicted octanol–water partition coefficient (Wildman–Crippen LogP) is 6.91. The quantitative estimate of drug-likeness (QED) is 0.133. The SMILES string of the molecule is O=C(C=Cc1ccccc1)C1=C(O)C(=O)N(c2nnc(SCc3ccc(F)cc3)s2)C1c1cccc(Br)c1. The lowest BCUT2D eigenvalue weighted by Gasteiger charge is -2.23. The molecule has 0 aliphatic carbocycles. The second-order valence-electron chi connectivity index (χ2n) is 8.27. The summed E-state index contributed by atoms with van der Waals surface area (Å²) in [6, 6.07) is 21.8. The number of carbonyl (C=O) groups is 2. The third kappa shape index (κ3) is 5.62. The van der Waals surface area contributed by atoms with Gasteiger partial charge in [-0.2, -0.15) is 0 Å². The number of hydrogen-bond acceptors (Lipinski definition) is 7. The van der Waals surface area contributed by atoms with Gasteiger partial charge in [-0.1, -0.05) is 99.7 Å². The molecule has 6 nitrogen and oxygen atoms in total. The molecule has 5 rings (SSSR count). The minimum atomic E-state index is -0.893. The lowest BCUT2D eigenvalue weighted by molar-refractivity contribution is -0.117. The molecule has 1 amide bonds. The molecule has 2 heterocycles. The van der Waals surface area contributed by atoms with E-state index in [4.69, 9.17) is 0 Å². The summed E-state index contributed by atoms with van der Waals surface area (Å²) in [5.41, 5.74) is 2.32. The van der Waals surface area contributed by atoms with Crippen LogP contribution in [-0.4, -0.2) is 27.0 Å². The fraction of sp³-hybridized carbons (Fsp3) is 0.0714. The van der Waals surface area contributed by atoms with Gasteiger partial charge in [0.05, 0.1) is 11.6 Å². The minimum Gasteiger partial charge on any atom is -0.503 e. The molecule has 0 saturated heterocycles. The topological polar surface area (TPSA) is 83.4 Å². The van der Waals surface area contributed by atoms with Crippen LogP contribution in [0.1, 0.15) is 22.7 Å². The molecule has 4 aromatic rings. The van der Waals surface area contributed by atoms with Crippen molar-refractivity contribution in [1.29, 1.82) is 0 Å². The number of rotatable bonds is 8. The van der Waals surface area contributed by atoms with Crippen molar-refractivity contribution in [2.45, 2.75) is 16.1 Å². The number of benzene rings is 3. The molecule has 0 spiro atoms. The molecule has 10 heteroatoms. The van der Waals surface area contributed by atoms with E-state index in [-0.39, 0.29) is 16.5 Å². The predicted molar refractivity (Wildman–Crippen MR) is 150 cm³/mol. The number of hydrogen-bond donors (Lipinski definition) is 1. The van der Waals surface area contributed by atoms with Crippen LogP contribution in [0.2, 0.25) is 0 Å². The van der Waals surface area contributed by atoms with Crippen molar-refractivity contribution in [3.05, 3.63) is 123 Å². The van der Waals surface area contributed by atoms with Crippen molar-refractivity contribution in [2.75, 3.05) is 4.90 Å². The Kier molecular flexibility index (Phi) is 7.82. The summed E-state index contributed by atoms with van der Waals surface area (Å²) >= 11 is 6.03. The number of carbonyl (C=O) groups excluding carboxylic acids is 2. The summed E-state index contributed by atoms with van der Waals surface area (Å²) in [4.78, 5) is 28.0. The Balaban J connectivity index is 1.45. The number of aliphatic hydroxyl groups excluding tert-OH is 1. The molecular weight excluding hydrogens is 589 g/mol. The zero-order valence-electron chi connectivity index (χ0n) is 19.6. The second kappa shape index (κ2) is 11.4. The van der Waals surface area contributed by atoms with Crippen LogP contribution in [0, 0.1) is 5.82 Å². The monoisotopic (exact) mass is 607 g/mol. The average Bonchev–Trinajstić information content (AvgIpc) is 3.49. The number of aromatic nitrogens is 2. The van der Waals surface area contributed by atoms with E-state index in [0.717, 1.165) is 15.6 Å². The Bertz CT molecular complexity index is 1560. The van der Waals surface area contributed by atoms with E-state index >= 15 is 0 Å². The van der Waals surface area contributed by atoms with Gasteiger partial charge in [0.25, 0.3) is 5.91 Å². The molecule has 1 aliphatic heterocycles. The van der Waals surface area contributed by atoms with Crippen molar-refractivity contribution in [2.24, 2.45) is 0 Å². The fourth-order valence-electron chi connectivity index (χ4n) is 3.96. The Hall–Kier alpha value is -3.60. The highest BCUT2D eigenvalue weighted by Crippen LogP contribution is 2.43. The van der Waals surface area contributed by atoms with E-state index in [9.17, 15) is 19.1 Å². The van der Waals surface area contributed by atoms with Crippen LogP contribution >= 0.6 is 39.0 Å². The number of nitrogens with zero attached hydrogens (tertiary/aromatic N) is 3. The van der Waals surface area contributed by atoms with Crippen LogP contribution in [0.3, 0.4) is 0 Å². The first-order valence-corrected chi connectivity index (χ1v) is 14.0. The molecule has 0 radical (unpaired) electrons. The van der Waals surface area contributed by atoms with Gasteiger partial charge in [-0.25, -0.2) is 4.39 Å². The van der Waals surface area contributed by atoms with Crippen LogP contribution in [0.5, 0.6) is 0 Å². The largest absolute Gasteiger partial charge is 0.503 e. The van der Waals surface area contributed by atoms with Gasteiger partial charge in [-0.05, 0) is 47.0 Å². The van der Waals surface area contributed by atoms with E-state index < -0.39 is 23.5 Å². The van der Waals surface area contributed by atoms with Gasteiger partial charge in [0.1, 0.15) is 5.82 Å². The molecule has 190 valence electrons. The van der Waals surface area contributed by atoms with Gasteiger partial charge in [0.15, 0.2) is 15.9 Å². The Morgan fingerprint density at radius 2 is 1.84 bits per heavy atom. The Morgan fingerprint density at radius 3 is 2.58 bits per heavy atom. The maximum Gasteiger partial charge on any atom is 0.296 e. The molecule has 0 saturated carbocycles. The summed E-state index contributed by atoms with van der Waals surface area (Å²) in [5.74, 6) is -1.59. The highest BCUT2D eigenvalue weighted by molar-refractivity contribution is 9.10. The molecule has 38 heavy (non-hydrogen) atoms. The van der Waals surface area contributed by atoms with Crippen molar-refractivity contribution >= 4 is 61.9 Å². The van der Waals surface area contributed by atoms with E-state index in [1.807, 2.05) is 36.4 Å². The van der Waals surface area contributed by atoms with Gasteiger partial charge in [-0.15, -0.1) is 10.2 Å². The first kappa shape index (κ1) is 26.0. The zero-order valence-corrected chi connectivity index (χ0v) is 22.8. The maximum atomic E-state index is 13.3. The third-order valence-electron chi connectivity index (χ3n) is 5.74. The number of amides is 1. The molecule has 1 atom stereocenters. The van der Waals surface area contributed by atoms with Gasteiger partial charge in [-0.3, -0.25) is 14.5 Å². The third-order valence-corrected chi connectivity index (χ3v) is 8.36. The lowest BCUT2D eigenvalue weighted by atomic mass is 9.96. The molecule has 3 aromatic carbocycles. The lowest BCUT2D eigenvalue weighted by Crippen LogP contribution is -2.30. The molecule has 1 aromatic heterocycles. The van der Waals surface area contributed by atoms with Crippen molar-refractivity contribution in [3.63, 3.8) is 0 Å². The average molecular weight is 609 g/mol. The standard InChI is InChI=1S/C28H19BrFN3O3S2/c29-20-8-4-7-19(15-20)24-23(22(34)14-11-17-5-2-1-3-6-17)25(35)26(36)33(24)27-31-32-28(38-27)37-16-18-9-12-21(30)13-10-18/h1-15,24,35H,16H2. The van der Waals surface area contributed by atoms with Gasteiger partial charge in [0.2, 0.25) is 5.13 Å². The first-order valence-electron chi connectivity index (χ1n) is 11.4. The summed E-state index contributed by atoms with van der Waals surface area (Å²) < 4.78 is 14.5. The molecule has 1 unspecified atom stereocenters. The van der Waals surface area contributed by atoms with Crippen LogP contribution in [0.4, 0.5) is 9.52 Å². The minimum absolute atomic E-state index is 0.0315. The van der Waals surface area contributed by atoms with Gasteiger partial charge < -0.3 is 5.11 Å². The van der Waals surface area contributed by atoms with Crippen molar-refractivity contribution in [1.82, 2.24) is 10.2 Å². The molecule has 0 bridgehead atoms. The van der Waals surface area contributed by atoms with Crippen LogP contribution in [0.25, 0.3) is 6.08 Å². The van der Waals surface area contributed by atoms with E-state index in [0.29, 0.717) is 15.7 Å². The highest BCUT2D eigenvalue weighted by atomic mass is 79.9. The summed E-state index contributed by atoms with van der Waals surface area (Å²) in [7, 11) is 0. The Morgan fingerprint density at radius 1 is 1.08 bits per heavy atom. The molecule has 1 aliphatic rings. The number of thioether (sulfide) groups is 1. The second-order valence-corrected chi connectivity index (χ2v) is 11.4. The fourth-order valence-corrected chi connectivity index (χ4v) is 6.20. The normalized spacial score (nSPS) is 15.6. The molecule has 0 fully saturated rings. The number of allylic oxidation sites excluding steroid dienone is 1. The van der Waals surface area contributed by atoms with Crippen LogP contribution in [0.15, 0.2) is 105 Å². The van der Waals surface area contributed by atoms with Crippen molar-refractivity contribution < 1.29 is 19.1 Å². The van der Waals surface area contributed by atoms with Crippen LogP contribution in [-0.2, 0) is 15.3 Å². The smallest absolute Gasteiger partial charge is 0.296 e. The first-order chi connectivity index (χ1) is 18.4. The zero-order chi connectivity index (χ0) is 26.6. The van der Waals surface area contributed by atoms with E-state index in [1.54, 1.807) is 36.4 Å². The van der Waals surface area contributed by atoms with E-state index in [2.05, 4.69) is 26.1 Å². The summed E-state index contributed by atoms with van der Waals surface area (Å²) in [6.07, 6.45) is 3.00. The van der Waals surface area contributed by atoms with Crippen molar-refractivity contribution in [3.8, 4) is 0 Å². The Labute approximate surface area is 234 Å². The van der Waals surface area contributed by atoms with Crippen LogP contribution < -0.4 is 4.90 Å². The number of aliphatic hydroxyl groups is 1. The molecular formula is C28H19BrFN3O3S2.